The first kappa shape index (κ1) is 16.8. The second kappa shape index (κ2) is 8.14. The maximum Gasteiger partial charge on any atom is 0.0482 e. The molecule has 1 nitrogen and oxygen atoms in total. The Balaban J connectivity index is 2.02. The van der Waals surface area contributed by atoms with Gasteiger partial charge in [0, 0.05) is 6.61 Å². The van der Waals surface area contributed by atoms with E-state index in [1.165, 1.54) is 11.1 Å². The molecule has 0 aliphatic rings. The first-order chi connectivity index (χ1) is 10.6. The highest BCUT2D eigenvalue weighted by atomic mass is 16.3. The zero-order chi connectivity index (χ0) is 15.8. The number of aryl methyl sites for hydroxylation is 1. The molecule has 0 aromatic heterocycles. The molecule has 0 fully saturated rings. The summed E-state index contributed by atoms with van der Waals surface area (Å²) in [5.41, 5.74) is 2.80. The highest BCUT2D eigenvalue weighted by Crippen LogP contribution is 2.32. The van der Waals surface area contributed by atoms with Gasteiger partial charge in [0.2, 0.25) is 0 Å². The van der Waals surface area contributed by atoms with E-state index >= 15 is 0 Å². The normalized spacial score (nSPS) is 13.0. The molecule has 0 aliphatic carbocycles. The number of hydrogen-bond acceptors (Lipinski definition) is 1. The van der Waals surface area contributed by atoms with Gasteiger partial charge < -0.3 is 5.11 Å². The van der Waals surface area contributed by atoms with E-state index in [0.29, 0.717) is 5.92 Å². The van der Waals surface area contributed by atoms with E-state index < -0.39 is 0 Å². The minimum Gasteiger partial charge on any atom is -0.396 e. The van der Waals surface area contributed by atoms with E-state index in [4.69, 9.17) is 0 Å². The van der Waals surface area contributed by atoms with Crippen LogP contribution in [0.25, 0.3) is 0 Å². The number of aliphatic hydroxyl groups is 1. The van der Waals surface area contributed by atoms with Gasteiger partial charge in [-0.2, -0.15) is 0 Å². The number of benzene rings is 2. The molecular formula is C21H27O. The van der Waals surface area contributed by atoms with Crippen molar-refractivity contribution in [1.82, 2.24) is 0 Å². The predicted molar refractivity (Wildman–Crippen MR) is 92.9 cm³/mol. The van der Waals surface area contributed by atoms with Crippen LogP contribution in [0, 0.1) is 11.5 Å². The van der Waals surface area contributed by atoms with Gasteiger partial charge in [-0.15, -0.1) is 0 Å². The lowest BCUT2D eigenvalue weighted by Crippen LogP contribution is -2.18. The smallest absolute Gasteiger partial charge is 0.0482 e. The molecule has 1 N–H and O–H groups in total. The van der Waals surface area contributed by atoms with Crippen LogP contribution < -0.4 is 0 Å². The average molecular weight is 295 g/mol. The fourth-order valence-corrected chi connectivity index (χ4v) is 2.78. The lowest BCUT2D eigenvalue weighted by Gasteiger charge is -2.25. The third-order valence-electron chi connectivity index (χ3n) is 4.44. The van der Waals surface area contributed by atoms with Crippen LogP contribution in [-0.4, -0.2) is 11.7 Å². The minimum atomic E-state index is 0.00867. The molecule has 2 aromatic carbocycles. The Labute approximate surface area is 135 Å². The van der Waals surface area contributed by atoms with Crippen LogP contribution in [0.2, 0.25) is 0 Å². The third-order valence-corrected chi connectivity index (χ3v) is 4.44. The van der Waals surface area contributed by atoms with Gasteiger partial charge in [-0.3, -0.25) is 0 Å². The quantitative estimate of drug-likeness (QED) is 0.726. The molecule has 1 radical (unpaired) electrons. The number of hydrogen-bond donors (Lipinski definition) is 1. The molecule has 0 saturated carbocycles. The van der Waals surface area contributed by atoms with E-state index in [9.17, 15) is 5.11 Å². The average Bonchev–Trinajstić information content (AvgIpc) is 2.56. The standard InChI is InChI=1S/C21H27O/c1-21(2,17-22)16-15-20(19-11-7-4-8-12-19)14-13-18-9-5-3-6-10-18/h4-12,20,22H,13-17H2,1-2H3. The van der Waals surface area contributed by atoms with Crippen molar-refractivity contribution < 1.29 is 5.11 Å². The molecule has 0 bridgehead atoms. The van der Waals surface area contributed by atoms with Gasteiger partial charge in [0.15, 0.2) is 0 Å². The second-order valence-corrected chi connectivity index (χ2v) is 6.92. The SMILES string of the molecule is CC(C)(CO)CCC(CCc1cc[c]cc1)c1ccccc1. The Hall–Kier alpha value is -1.60. The topological polar surface area (TPSA) is 20.2 Å². The summed E-state index contributed by atoms with van der Waals surface area (Å²) >= 11 is 0. The third kappa shape index (κ3) is 5.31. The predicted octanol–water partition coefficient (Wildman–Crippen LogP) is 5.00. The van der Waals surface area contributed by atoms with Crippen LogP contribution >= 0.6 is 0 Å². The number of rotatable bonds is 8. The lowest BCUT2D eigenvalue weighted by atomic mass is 9.81. The maximum absolute atomic E-state index is 9.48. The van der Waals surface area contributed by atoms with Gasteiger partial charge in [0.1, 0.15) is 0 Å². The summed E-state index contributed by atoms with van der Waals surface area (Å²) in [7, 11) is 0. The summed E-state index contributed by atoms with van der Waals surface area (Å²) < 4.78 is 0. The molecule has 2 rings (SSSR count). The van der Waals surface area contributed by atoms with Crippen LogP contribution in [0.5, 0.6) is 0 Å². The molecular weight excluding hydrogens is 268 g/mol. The molecule has 1 atom stereocenters. The fourth-order valence-electron chi connectivity index (χ4n) is 2.78. The highest BCUT2D eigenvalue weighted by Gasteiger charge is 2.20. The Bertz CT molecular complexity index is 530. The van der Waals surface area contributed by atoms with Crippen LogP contribution in [0.3, 0.4) is 0 Å². The fraction of sp³-hybridized carbons (Fsp3) is 0.429. The summed E-state index contributed by atoms with van der Waals surface area (Å²) in [5, 5.41) is 9.48. The molecule has 0 saturated heterocycles. The zero-order valence-corrected chi connectivity index (χ0v) is 13.8. The van der Waals surface area contributed by atoms with Crippen molar-refractivity contribution in [3.63, 3.8) is 0 Å². The van der Waals surface area contributed by atoms with Crippen molar-refractivity contribution in [2.75, 3.05) is 6.61 Å². The van der Waals surface area contributed by atoms with Crippen LogP contribution in [-0.2, 0) is 6.42 Å². The molecule has 22 heavy (non-hydrogen) atoms. The first-order valence-corrected chi connectivity index (χ1v) is 8.21. The molecule has 0 heterocycles. The maximum atomic E-state index is 9.48. The Morgan fingerprint density at radius 1 is 1.00 bits per heavy atom. The summed E-state index contributed by atoms with van der Waals surface area (Å²) in [6.07, 6.45) is 4.41. The Morgan fingerprint density at radius 2 is 1.68 bits per heavy atom. The van der Waals surface area contributed by atoms with E-state index in [1.54, 1.807) is 0 Å². The van der Waals surface area contributed by atoms with E-state index in [2.05, 4.69) is 62.4 Å². The van der Waals surface area contributed by atoms with E-state index in [-0.39, 0.29) is 12.0 Å². The van der Waals surface area contributed by atoms with Gasteiger partial charge in [0.05, 0.1) is 0 Å². The van der Waals surface area contributed by atoms with Crippen LogP contribution in [0.4, 0.5) is 0 Å². The van der Waals surface area contributed by atoms with Gasteiger partial charge in [0.25, 0.3) is 0 Å². The van der Waals surface area contributed by atoms with Gasteiger partial charge in [-0.05, 0) is 54.2 Å². The molecule has 1 heteroatoms. The van der Waals surface area contributed by atoms with Crippen molar-refractivity contribution in [2.24, 2.45) is 5.41 Å². The Morgan fingerprint density at radius 3 is 2.32 bits per heavy atom. The Kier molecular flexibility index (Phi) is 6.21. The van der Waals surface area contributed by atoms with Crippen molar-refractivity contribution in [2.45, 2.75) is 45.4 Å². The van der Waals surface area contributed by atoms with Gasteiger partial charge >= 0.3 is 0 Å². The summed E-state index contributed by atoms with van der Waals surface area (Å²) in [6.45, 7) is 4.53. The van der Waals surface area contributed by atoms with E-state index in [0.717, 1.165) is 25.7 Å². The van der Waals surface area contributed by atoms with Crippen molar-refractivity contribution in [3.05, 3.63) is 71.8 Å². The molecule has 2 aromatic rings. The monoisotopic (exact) mass is 295 g/mol. The summed E-state index contributed by atoms with van der Waals surface area (Å²) in [4.78, 5) is 0. The lowest BCUT2D eigenvalue weighted by molar-refractivity contribution is 0.145. The molecule has 1 unspecified atom stereocenters. The summed E-state index contributed by atoms with van der Waals surface area (Å²) in [6, 6.07) is 22.1. The minimum absolute atomic E-state index is 0.00867. The molecule has 0 spiro atoms. The van der Waals surface area contributed by atoms with Crippen LogP contribution in [0.15, 0.2) is 54.6 Å². The summed E-state index contributed by atoms with van der Waals surface area (Å²) in [5.74, 6) is 0.552. The van der Waals surface area contributed by atoms with Crippen molar-refractivity contribution in [1.29, 1.82) is 0 Å². The zero-order valence-electron chi connectivity index (χ0n) is 13.8. The highest BCUT2D eigenvalue weighted by molar-refractivity contribution is 5.21. The van der Waals surface area contributed by atoms with Crippen molar-refractivity contribution >= 4 is 0 Å². The number of aliphatic hydroxyl groups excluding tert-OH is 1. The first-order valence-electron chi connectivity index (χ1n) is 8.21. The van der Waals surface area contributed by atoms with Crippen LogP contribution in [0.1, 0.15) is 50.2 Å². The molecule has 0 amide bonds. The van der Waals surface area contributed by atoms with Gasteiger partial charge in [-0.1, -0.05) is 68.4 Å². The van der Waals surface area contributed by atoms with Crippen molar-refractivity contribution in [3.8, 4) is 0 Å². The largest absolute Gasteiger partial charge is 0.396 e. The molecule has 0 aliphatic heterocycles. The van der Waals surface area contributed by atoms with E-state index in [1.807, 2.05) is 12.1 Å². The van der Waals surface area contributed by atoms with Gasteiger partial charge in [-0.25, -0.2) is 0 Å². The molecule has 117 valence electrons. The second-order valence-electron chi connectivity index (χ2n) is 6.92.